The highest BCUT2D eigenvalue weighted by atomic mass is 19.1. The number of urea groups is 1. The molecular weight excluding hydrogens is 349 g/mol. The summed E-state index contributed by atoms with van der Waals surface area (Å²) in [5.74, 6) is -0.672. The van der Waals surface area contributed by atoms with Crippen LogP contribution in [0.25, 0.3) is 0 Å². The van der Waals surface area contributed by atoms with Crippen molar-refractivity contribution in [2.24, 2.45) is 5.92 Å². The summed E-state index contributed by atoms with van der Waals surface area (Å²) >= 11 is 0. The number of methoxy groups -OCH3 is 1. The molecule has 1 fully saturated rings. The maximum atomic E-state index is 13.6. The van der Waals surface area contributed by atoms with Crippen molar-refractivity contribution in [3.05, 3.63) is 35.1 Å². The van der Waals surface area contributed by atoms with Crippen molar-refractivity contribution in [3.8, 4) is 0 Å². The smallest absolute Gasteiger partial charge is 0.317 e. The zero-order valence-corrected chi connectivity index (χ0v) is 16.5. The summed E-state index contributed by atoms with van der Waals surface area (Å²) in [4.78, 5) is 26.8. The first-order valence-corrected chi connectivity index (χ1v) is 9.40. The van der Waals surface area contributed by atoms with E-state index in [0.29, 0.717) is 38.2 Å². The minimum absolute atomic E-state index is 0.0138. The highest BCUT2D eigenvalue weighted by Gasteiger charge is 2.34. The second kappa shape index (κ2) is 9.69. The van der Waals surface area contributed by atoms with E-state index in [1.54, 1.807) is 25.0 Å². The van der Waals surface area contributed by atoms with Gasteiger partial charge in [0.15, 0.2) is 0 Å². The zero-order valence-electron chi connectivity index (χ0n) is 16.5. The molecule has 27 heavy (non-hydrogen) atoms. The lowest BCUT2D eigenvalue weighted by atomic mass is 9.83. The molecule has 3 amide bonds. The lowest BCUT2D eigenvalue weighted by molar-refractivity contribution is -0.126. The molecule has 0 spiro atoms. The molecule has 1 aromatic carbocycles. The number of amides is 3. The molecular formula is C20H30FN3O3. The van der Waals surface area contributed by atoms with Crippen LogP contribution in [0.1, 0.15) is 37.3 Å². The van der Waals surface area contributed by atoms with Gasteiger partial charge in [-0.05, 0) is 44.4 Å². The lowest BCUT2D eigenvalue weighted by Crippen LogP contribution is -2.52. The number of hydrogen-bond acceptors (Lipinski definition) is 3. The van der Waals surface area contributed by atoms with E-state index in [1.165, 1.54) is 6.07 Å². The number of likely N-dealkylation sites (tertiary alicyclic amines) is 1. The first-order chi connectivity index (χ1) is 12.8. The minimum Gasteiger partial charge on any atom is -0.383 e. The maximum Gasteiger partial charge on any atom is 0.317 e. The van der Waals surface area contributed by atoms with Crippen molar-refractivity contribution >= 4 is 11.9 Å². The highest BCUT2D eigenvalue weighted by molar-refractivity contribution is 5.81. The van der Waals surface area contributed by atoms with Gasteiger partial charge < -0.3 is 20.3 Å². The van der Waals surface area contributed by atoms with E-state index in [9.17, 15) is 14.0 Å². The van der Waals surface area contributed by atoms with Gasteiger partial charge in [-0.2, -0.15) is 0 Å². The fourth-order valence-corrected chi connectivity index (χ4v) is 3.38. The Labute approximate surface area is 160 Å². The van der Waals surface area contributed by atoms with Crippen molar-refractivity contribution in [1.29, 1.82) is 0 Å². The van der Waals surface area contributed by atoms with E-state index in [2.05, 4.69) is 10.6 Å². The first kappa shape index (κ1) is 21.2. The van der Waals surface area contributed by atoms with Crippen LogP contribution in [0, 0.1) is 18.7 Å². The van der Waals surface area contributed by atoms with Gasteiger partial charge in [0.2, 0.25) is 5.91 Å². The Hall–Kier alpha value is -2.15. The summed E-state index contributed by atoms with van der Waals surface area (Å²) < 4.78 is 18.6. The normalized spacial score (nSPS) is 19.9. The predicted octanol–water partition coefficient (Wildman–Crippen LogP) is 2.42. The number of carbonyl (C=O) groups is 2. The molecule has 150 valence electrons. The van der Waals surface area contributed by atoms with Crippen LogP contribution in [-0.4, -0.2) is 56.2 Å². The SMILES string of the molecule is COCCNC(=O)[C@@H]1C[C@H](c2ccc(F)c(C)c2)CN(C(=O)NC(C)C)C1. The molecule has 0 radical (unpaired) electrons. The zero-order chi connectivity index (χ0) is 20.0. The number of benzene rings is 1. The van der Waals surface area contributed by atoms with Crippen LogP contribution in [0.2, 0.25) is 0 Å². The van der Waals surface area contributed by atoms with Crippen LogP contribution in [0.4, 0.5) is 9.18 Å². The number of nitrogens with one attached hydrogen (secondary N) is 2. The number of piperidine rings is 1. The van der Waals surface area contributed by atoms with Gasteiger partial charge in [-0.25, -0.2) is 9.18 Å². The van der Waals surface area contributed by atoms with E-state index in [4.69, 9.17) is 4.74 Å². The predicted molar refractivity (Wildman–Crippen MR) is 102 cm³/mol. The van der Waals surface area contributed by atoms with E-state index in [0.717, 1.165) is 5.56 Å². The number of rotatable bonds is 6. The molecule has 1 aliphatic heterocycles. The van der Waals surface area contributed by atoms with Gasteiger partial charge >= 0.3 is 6.03 Å². The molecule has 0 bridgehead atoms. The van der Waals surface area contributed by atoms with Crippen LogP contribution < -0.4 is 10.6 Å². The Morgan fingerprint density at radius 3 is 2.70 bits per heavy atom. The summed E-state index contributed by atoms with van der Waals surface area (Å²) in [6.45, 7) is 7.27. The van der Waals surface area contributed by atoms with Gasteiger partial charge in [0.1, 0.15) is 5.82 Å². The van der Waals surface area contributed by atoms with Crippen LogP contribution in [0.5, 0.6) is 0 Å². The Bertz CT molecular complexity index is 666. The van der Waals surface area contributed by atoms with Crippen molar-refractivity contribution < 1.29 is 18.7 Å². The Morgan fingerprint density at radius 1 is 1.33 bits per heavy atom. The molecule has 0 aliphatic carbocycles. The van der Waals surface area contributed by atoms with Crippen LogP contribution in [0.15, 0.2) is 18.2 Å². The summed E-state index contributed by atoms with van der Waals surface area (Å²) in [7, 11) is 1.58. The number of carbonyl (C=O) groups excluding carboxylic acids is 2. The number of halogens is 1. The summed E-state index contributed by atoms with van der Waals surface area (Å²) in [6, 6.07) is 4.84. The van der Waals surface area contributed by atoms with Crippen LogP contribution >= 0.6 is 0 Å². The summed E-state index contributed by atoms with van der Waals surface area (Å²) in [6.07, 6.45) is 0.620. The largest absolute Gasteiger partial charge is 0.383 e. The third-order valence-electron chi connectivity index (χ3n) is 4.78. The molecule has 2 rings (SSSR count). The average molecular weight is 379 g/mol. The molecule has 0 aromatic heterocycles. The topological polar surface area (TPSA) is 70.7 Å². The minimum atomic E-state index is -0.316. The molecule has 0 saturated carbocycles. The third kappa shape index (κ3) is 5.92. The molecule has 1 heterocycles. The lowest BCUT2D eigenvalue weighted by Gasteiger charge is -2.38. The van der Waals surface area contributed by atoms with Gasteiger partial charge in [0, 0.05) is 38.7 Å². The Morgan fingerprint density at radius 2 is 2.07 bits per heavy atom. The number of aryl methyl sites for hydroxylation is 1. The molecule has 1 saturated heterocycles. The molecule has 2 atom stereocenters. The molecule has 1 aliphatic rings. The number of nitrogens with zero attached hydrogens (tertiary/aromatic N) is 1. The first-order valence-electron chi connectivity index (χ1n) is 9.40. The molecule has 7 heteroatoms. The van der Waals surface area contributed by atoms with E-state index < -0.39 is 0 Å². The molecule has 1 aromatic rings. The van der Waals surface area contributed by atoms with Gasteiger partial charge in [-0.1, -0.05) is 12.1 Å². The van der Waals surface area contributed by atoms with Gasteiger partial charge in [0.05, 0.1) is 12.5 Å². The van der Waals surface area contributed by atoms with Crippen LogP contribution in [-0.2, 0) is 9.53 Å². The van der Waals surface area contributed by atoms with Crippen molar-refractivity contribution in [2.75, 3.05) is 33.4 Å². The highest BCUT2D eigenvalue weighted by Crippen LogP contribution is 2.31. The molecule has 0 unspecified atom stereocenters. The molecule has 6 nitrogen and oxygen atoms in total. The van der Waals surface area contributed by atoms with Crippen LogP contribution in [0.3, 0.4) is 0 Å². The summed E-state index contributed by atoms with van der Waals surface area (Å²) in [5.41, 5.74) is 1.52. The maximum absolute atomic E-state index is 13.6. The van der Waals surface area contributed by atoms with Crippen molar-refractivity contribution in [1.82, 2.24) is 15.5 Å². The van der Waals surface area contributed by atoms with Gasteiger partial charge in [-0.3, -0.25) is 4.79 Å². The average Bonchev–Trinajstić information content (AvgIpc) is 2.63. The van der Waals surface area contributed by atoms with Gasteiger partial charge in [-0.15, -0.1) is 0 Å². The number of ether oxygens (including phenoxy) is 1. The fraction of sp³-hybridized carbons (Fsp3) is 0.600. The second-order valence-electron chi connectivity index (χ2n) is 7.43. The van der Waals surface area contributed by atoms with E-state index in [-0.39, 0.29) is 35.6 Å². The van der Waals surface area contributed by atoms with Crippen molar-refractivity contribution in [2.45, 2.75) is 39.2 Å². The van der Waals surface area contributed by atoms with E-state index >= 15 is 0 Å². The Kier molecular flexibility index (Phi) is 7.59. The van der Waals surface area contributed by atoms with Gasteiger partial charge in [0.25, 0.3) is 0 Å². The third-order valence-corrected chi connectivity index (χ3v) is 4.78. The van der Waals surface area contributed by atoms with Crippen molar-refractivity contribution in [3.63, 3.8) is 0 Å². The fourth-order valence-electron chi connectivity index (χ4n) is 3.38. The standard InChI is InChI=1S/C20H30FN3O3/c1-13(2)23-20(26)24-11-16(15-5-6-18(21)14(3)9-15)10-17(12-24)19(25)22-7-8-27-4/h5-6,9,13,16-17H,7-8,10-12H2,1-4H3,(H,22,25)(H,23,26)/t16-,17+/m0/s1. The quantitative estimate of drug-likeness (QED) is 0.746. The monoisotopic (exact) mass is 379 g/mol. The number of hydrogen-bond donors (Lipinski definition) is 2. The second-order valence-corrected chi connectivity index (χ2v) is 7.43. The Balaban J connectivity index is 2.18. The van der Waals surface area contributed by atoms with E-state index in [1.807, 2.05) is 19.9 Å². The summed E-state index contributed by atoms with van der Waals surface area (Å²) in [5, 5.41) is 5.76. The molecule has 2 N–H and O–H groups in total.